The average Bonchev–Trinajstić information content (AvgIpc) is 3.13. The van der Waals surface area contributed by atoms with E-state index in [1.54, 1.807) is 18.2 Å². The van der Waals surface area contributed by atoms with Gasteiger partial charge in [0.1, 0.15) is 5.82 Å². The van der Waals surface area contributed by atoms with E-state index in [0.717, 1.165) is 19.4 Å². The first kappa shape index (κ1) is 11.9. The summed E-state index contributed by atoms with van der Waals surface area (Å²) in [6, 6.07) is 6.80. The van der Waals surface area contributed by atoms with Gasteiger partial charge in [0, 0.05) is 12.6 Å². The number of rotatable bonds is 5. The van der Waals surface area contributed by atoms with E-state index in [0.29, 0.717) is 11.7 Å². The summed E-state index contributed by atoms with van der Waals surface area (Å²) >= 11 is 0. The van der Waals surface area contributed by atoms with E-state index in [1.165, 1.54) is 6.07 Å². The second kappa shape index (κ2) is 5.17. The zero-order chi connectivity index (χ0) is 12.3. The Hall–Kier alpha value is -1.58. The number of carbonyl (C=O) groups is 1. The summed E-state index contributed by atoms with van der Waals surface area (Å²) in [5, 5.41) is 2.84. The molecule has 0 heterocycles. The largest absolute Gasteiger partial charge is 0.374 e. The third kappa shape index (κ3) is 2.96. The molecule has 1 aromatic carbocycles. The van der Waals surface area contributed by atoms with Gasteiger partial charge < -0.3 is 10.2 Å². The summed E-state index contributed by atoms with van der Waals surface area (Å²) in [5.74, 6) is -0.284. The molecule has 1 fully saturated rings. The number of para-hydroxylation sites is 1. The average molecular weight is 236 g/mol. The van der Waals surface area contributed by atoms with Gasteiger partial charge in [-0.1, -0.05) is 12.1 Å². The maximum atomic E-state index is 13.3. The smallest absolute Gasteiger partial charge is 0.242 e. The van der Waals surface area contributed by atoms with Crippen molar-refractivity contribution in [1.82, 2.24) is 4.90 Å². The summed E-state index contributed by atoms with van der Waals surface area (Å²) in [6.07, 6.45) is 2.19. The first-order valence-electron chi connectivity index (χ1n) is 6.00. The summed E-state index contributed by atoms with van der Waals surface area (Å²) < 4.78 is 13.3. The SMILES string of the molecule is CCN(C(=O)CNc1ccccc1F)C1CC1. The lowest BCUT2D eigenvalue weighted by Crippen LogP contribution is -2.37. The van der Waals surface area contributed by atoms with Crippen LogP contribution >= 0.6 is 0 Å². The predicted molar refractivity (Wildman–Crippen MR) is 65.3 cm³/mol. The molecule has 1 aliphatic carbocycles. The standard InChI is InChI=1S/C13H17FN2O/c1-2-16(10-7-8-10)13(17)9-15-12-6-4-3-5-11(12)14/h3-6,10,15H,2,7-9H2,1H3. The van der Waals surface area contributed by atoms with Crippen LogP contribution in [0.3, 0.4) is 0 Å². The lowest BCUT2D eigenvalue weighted by Gasteiger charge is -2.20. The highest BCUT2D eigenvalue weighted by molar-refractivity contribution is 5.81. The Labute approximate surface area is 101 Å². The minimum atomic E-state index is -0.324. The van der Waals surface area contributed by atoms with Crippen LogP contribution in [0.15, 0.2) is 24.3 Å². The van der Waals surface area contributed by atoms with Crippen molar-refractivity contribution < 1.29 is 9.18 Å². The van der Waals surface area contributed by atoms with Crippen LogP contribution in [0, 0.1) is 5.82 Å². The fourth-order valence-corrected chi connectivity index (χ4v) is 1.90. The molecule has 3 nitrogen and oxygen atoms in total. The molecule has 0 aromatic heterocycles. The van der Waals surface area contributed by atoms with Gasteiger partial charge in [-0.3, -0.25) is 4.79 Å². The molecule has 0 saturated heterocycles. The monoisotopic (exact) mass is 236 g/mol. The molecule has 0 aliphatic heterocycles. The number of anilines is 1. The Morgan fingerprint density at radius 3 is 2.76 bits per heavy atom. The molecule has 0 bridgehead atoms. The highest BCUT2D eigenvalue weighted by Crippen LogP contribution is 2.26. The first-order chi connectivity index (χ1) is 8.22. The Morgan fingerprint density at radius 1 is 1.47 bits per heavy atom. The highest BCUT2D eigenvalue weighted by atomic mass is 19.1. The van der Waals surface area contributed by atoms with Crippen molar-refractivity contribution in [3.63, 3.8) is 0 Å². The Bertz CT molecular complexity index is 404. The van der Waals surface area contributed by atoms with E-state index in [9.17, 15) is 9.18 Å². The second-order valence-corrected chi connectivity index (χ2v) is 4.24. The number of carbonyl (C=O) groups excluding carboxylic acids is 1. The number of hydrogen-bond acceptors (Lipinski definition) is 2. The molecule has 1 saturated carbocycles. The number of amides is 1. The van der Waals surface area contributed by atoms with Gasteiger partial charge in [0.15, 0.2) is 0 Å². The molecule has 0 spiro atoms. The molecular weight excluding hydrogens is 219 g/mol. The van der Waals surface area contributed by atoms with Gasteiger partial charge in [-0.2, -0.15) is 0 Å². The molecule has 0 unspecified atom stereocenters. The molecule has 92 valence electrons. The molecule has 0 atom stereocenters. The van der Waals surface area contributed by atoms with Crippen LogP contribution < -0.4 is 5.32 Å². The van der Waals surface area contributed by atoms with Crippen molar-refractivity contribution in [1.29, 1.82) is 0 Å². The van der Waals surface area contributed by atoms with Gasteiger partial charge >= 0.3 is 0 Å². The van der Waals surface area contributed by atoms with Crippen molar-refractivity contribution in [3.8, 4) is 0 Å². The fraction of sp³-hybridized carbons (Fsp3) is 0.462. The maximum Gasteiger partial charge on any atom is 0.242 e. The number of nitrogens with one attached hydrogen (secondary N) is 1. The zero-order valence-electron chi connectivity index (χ0n) is 9.95. The lowest BCUT2D eigenvalue weighted by molar-refractivity contribution is -0.129. The van der Waals surface area contributed by atoms with Gasteiger partial charge in [0.2, 0.25) is 5.91 Å². The second-order valence-electron chi connectivity index (χ2n) is 4.24. The van der Waals surface area contributed by atoms with Crippen molar-refractivity contribution in [2.24, 2.45) is 0 Å². The number of hydrogen-bond donors (Lipinski definition) is 1. The quantitative estimate of drug-likeness (QED) is 0.850. The topological polar surface area (TPSA) is 32.3 Å². The number of halogens is 1. The fourth-order valence-electron chi connectivity index (χ4n) is 1.90. The molecule has 17 heavy (non-hydrogen) atoms. The van der Waals surface area contributed by atoms with Crippen LogP contribution in [0.5, 0.6) is 0 Å². The van der Waals surface area contributed by atoms with E-state index in [4.69, 9.17) is 0 Å². The van der Waals surface area contributed by atoms with Crippen LogP contribution in [-0.2, 0) is 4.79 Å². The summed E-state index contributed by atoms with van der Waals surface area (Å²) in [7, 11) is 0. The Balaban J connectivity index is 1.89. The summed E-state index contributed by atoms with van der Waals surface area (Å²) in [5.41, 5.74) is 0.382. The normalized spacial score (nSPS) is 14.5. The third-order valence-corrected chi connectivity index (χ3v) is 2.95. The minimum absolute atomic E-state index is 0.0400. The molecule has 1 amide bonds. The van der Waals surface area contributed by atoms with Crippen molar-refractivity contribution >= 4 is 11.6 Å². The van der Waals surface area contributed by atoms with E-state index in [-0.39, 0.29) is 18.3 Å². The lowest BCUT2D eigenvalue weighted by atomic mass is 10.3. The van der Waals surface area contributed by atoms with Crippen LogP contribution in [0.4, 0.5) is 10.1 Å². The van der Waals surface area contributed by atoms with E-state index < -0.39 is 0 Å². The Morgan fingerprint density at radius 2 is 2.18 bits per heavy atom. The van der Waals surface area contributed by atoms with Crippen LogP contribution in [0.25, 0.3) is 0 Å². The predicted octanol–water partition coefficient (Wildman–Crippen LogP) is 2.25. The van der Waals surface area contributed by atoms with Gasteiger partial charge in [-0.15, -0.1) is 0 Å². The molecule has 1 aliphatic rings. The van der Waals surface area contributed by atoms with Crippen LogP contribution in [0.2, 0.25) is 0 Å². The Kier molecular flexibility index (Phi) is 3.61. The molecule has 4 heteroatoms. The third-order valence-electron chi connectivity index (χ3n) is 2.95. The van der Waals surface area contributed by atoms with Crippen molar-refractivity contribution in [3.05, 3.63) is 30.1 Å². The summed E-state index contributed by atoms with van der Waals surface area (Å²) in [6.45, 7) is 2.85. The van der Waals surface area contributed by atoms with E-state index in [2.05, 4.69) is 5.32 Å². The van der Waals surface area contributed by atoms with Gasteiger partial charge in [-0.05, 0) is 31.9 Å². The number of benzene rings is 1. The highest BCUT2D eigenvalue weighted by Gasteiger charge is 2.30. The van der Waals surface area contributed by atoms with E-state index >= 15 is 0 Å². The van der Waals surface area contributed by atoms with Crippen molar-refractivity contribution in [2.45, 2.75) is 25.8 Å². The molecule has 1 aromatic rings. The van der Waals surface area contributed by atoms with Gasteiger partial charge in [-0.25, -0.2) is 4.39 Å². The summed E-state index contributed by atoms with van der Waals surface area (Å²) in [4.78, 5) is 13.7. The number of nitrogens with zero attached hydrogens (tertiary/aromatic N) is 1. The van der Waals surface area contributed by atoms with Crippen molar-refractivity contribution in [2.75, 3.05) is 18.4 Å². The molecule has 1 N–H and O–H groups in total. The molecular formula is C13H17FN2O. The zero-order valence-corrected chi connectivity index (χ0v) is 9.95. The van der Waals surface area contributed by atoms with Gasteiger partial charge in [0.25, 0.3) is 0 Å². The molecule has 0 radical (unpaired) electrons. The number of likely N-dealkylation sites (N-methyl/N-ethyl adjacent to an activating group) is 1. The van der Waals surface area contributed by atoms with Crippen LogP contribution in [-0.4, -0.2) is 29.9 Å². The van der Waals surface area contributed by atoms with E-state index in [1.807, 2.05) is 11.8 Å². The minimum Gasteiger partial charge on any atom is -0.374 e. The van der Waals surface area contributed by atoms with Crippen LogP contribution in [0.1, 0.15) is 19.8 Å². The van der Waals surface area contributed by atoms with Gasteiger partial charge in [0.05, 0.1) is 12.2 Å². The first-order valence-corrected chi connectivity index (χ1v) is 6.00. The molecule has 2 rings (SSSR count). The maximum absolute atomic E-state index is 13.3.